The lowest BCUT2D eigenvalue weighted by Gasteiger charge is -2.25. The maximum atomic E-state index is 12.1. The van der Waals surface area contributed by atoms with Crippen LogP contribution in [0.25, 0.3) is 0 Å². The Morgan fingerprint density at radius 3 is 2.55 bits per heavy atom. The molecule has 1 rings (SSSR count). The molecule has 0 radical (unpaired) electrons. The second-order valence-corrected chi connectivity index (χ2v) is 7.56. The van der Waals surface area contributed by atoms with E-state index in [1.165, 1.54) is 0 Å². The molecular formula is C11H24N4O3S2. The van der Waals surface area contributed by atoms with Crippen LogP contribution in [0.1, 0.15) is 0 Å². The first-order chi connectivity index (χ1) is 9.60. The lowest BCUT2D eigenvalue weighted by atomic mass is 10.6. The van der Waals surface area contributed by atoms with Crippen LogP contribution in [0, 0.1) is 0 Å². The summed E-state index contributed by atoms with van der Waals surface area (Å²) in [4.78, 5) is 4.02. The molecule has 1 aliphatic heterocycles. The molecule has 1 heterocycles. The van der Waals surface area contributed by atoms with Crippen molar-refractivity contribution in [2.24, 2.45) is 4.99 Å². The average molecular weight is 324 g/mol. The maximum absolute atomic E-state index is 12.1. The molecule has 0 aromatic heterocycles. The van der Waals surface area contributed by atoms with E-state index >= 15 is 0 Å². The Balaban J connectivity index is 2.30. The van der Waals surface area contributed by atoms with Crippen LogP contribution in [-0.4, -0.2) is 82.9 Å². The minimum atomic E-state index is -3.16. The van der Waals surface area contributed by atoms with Gasteiger partial charge < -0.3 is 15.4 Å². The van der Waals surface area contributed by atoms with Crippen LogP contribution in [-0.2, 0) is 14.8 Å². The number of aliphatic imine (C=N–C) groups is 1. The summed E-state index contributed by atoms with van der Waals surface area (Å²) in [6.45, 7) is 2.79. The lowest BCUT2D eigenvalue weighted by Crippen LogP contribution is -2.44. The van der Waals surface area contributed by atoms with Gasteiger partial charge in [-0.05, 0) is 0 Å². The van der Waals surface area contributed by atoms with Crippen molar-refractivity contribution in [2.45, 2.75) is 0 Å². The standard InChI is InChI=1S/C11H24N4O3S2/c1-12-11(13-3-7-18-2)14-4-10-20(16,17)15-5-8-19-9-6-15/h3-10H2,1-2H3,(H2,12,13,14). The summed E-state index contributed by atoms with van der Waals surface area (Å²) in [5.74, 6) is 2.44. The van der Waals surface area contributed by atoms with Gasteiger partial charge in [0.25, 0.3) is 0 Å². The van der Waals surface area contributed by atoms with Gasteiger partial charge in [0.15, 0.2) is 5.96 Å². The first-order valence-electron chi connectivity index (χ1n) is 6.59. The molecule has 0 saturated carbocycles. The largest absolute Gasteiger partial charge is 0.383 e. The van der Waals surface area contributed by atoms with E-state index in [9.17, 15) is 8.42 Å². The van der Waals surface area contributed by atoms with Crippen LogP contribution < -0.4 is 10.6 Å². The SMILES string of the molecule is CN=C(NCCOC)NCCS(=O)(=O)N1CCSCC1. The molecule has 0 aliphatic carbocycles. The van der Waals surface area contributed by atoms with Crippen LogP contribution in [0.4, 0.5) is 0 Å². The van der Waals surface area contributed by atoms with E-state index in [1.54, 1.807) is 30.2 Å². The molecule has 0 unspecified atom stereocenters. The highest BCUT2D eigenvalue weighted by Crippen LogP contribution is 2.12. The fraction of sp³-hybridized carbons (Fsp3) is 0.909. The molecule has 20 heavy (non-hydrogen) atoms. The monoisotopic (exact) mass is 324 g/mol. The predicted octanol–water partition coefficient (Wildman–Crippen LogP) is -0.824. The molecule has 0 atom stereocenters. The molecule has 1 fully saturated rings. The number of guanidine groups is 1. The number of methoxy groups -OCH3 is 1. The van der Waals surface area contributed by atoms with Gasteiger partial charge >= 0.3 is 0 Å². The third kappa shape index (κ3) is 6.29. The topological polar surface area (TPSA) is 83.0 Å². The molecule has 9 heteroatoms. The Labute approximate surface area is 125 Å². The highest BCUT2D eigenvalue weighted by atomic mass is 32.2. The number of sulfonamides is 1. The molecule has 2 N–H and O–H groups in total. The number of nitrogens with one attached hydrogen (secondary N) is 2. The van der Waals surface area contributed by atoms with E-state index in [-0.39, 0.29) is 5.75 Å². The number of ether oxygens (including phenoxy) is 1. The van der Waals surface area contributed by atoms with Gasteiger partial charge in [0.1, 0.15) is 0 Å². The summed E-state index contributed by atoms with van der Waals surface area (Å²) in [7, 11) is 0.115. The maximum Gasteiger partial charge on any atom is 0.215 e. The second kappa shape index (κ2) is 9.43. The molecule has 118 valence electrons. The van der Waals surface area contributed by atoms with Gasteiger partial charge in [-0.3, -0.25) is 4.99 Å². The zero-order valence-corrected chi connectivity index (χ0v) is 13.7. The van der Waals surface area contributed by atoms with E-state index in [0.717, 1.165) is 11.5 Å². The van der Waals surface area contributed by atoms with Crippen LogP contribution in [0.3, 0.4) is 0 Å². The Morgan fingerprint density at radius 1 is 1.30 bits per heavy atom. The van der Waals surface area contributed by atoms with E-state index in [1.807, 2.05) is 0 Å². The molecule has 0 aromatic rings. The second-order valence-electron chi connectivity index (χ2n) is 4.25. The summed E-state index contributed by atoms with van der Waals surface area (Å²) >= 11 is 1.80. The molecule has 0 spiro atoms. The first kappa shape index (κ1) is 17.5. The Hall–Kier alpha value is -0.510. The molecule has 0 aromatic carbocycles. The van der Waals surface area contributed by atoms with Crippen molar-refractivity contribution in [3.05, 3.63) is 0 Å². The summed E-state index contributed by atoms with van der Waals surface area (Å²) in [5, 5.41) is 6.03. The van der Waals surface area contributed by atoms with E-state index < -0.39 is 10.0 Å². The fourth-order valence-corrected chi connectivity index (χ4v) is 4.24. The molecule has 1 aliphatic rings. The third-order valence-electron chi connectivity index (χ3n) is 2.84. The molecule has 7 nitrogen and oxygen atoms in total. The van der Waals surface area contributed by atoms with E-state index in [4.69, 9.17) is 4.74 Å². The first-order valence-corrected chi connectivity index (χ1v) is 9.35. The zero-order valence-electron chi connectivity index (χ0n) is 12.1. The summed E-state index contributed by atoms with van der Waals surface area (Å²) in [6, 6.07) is 0. The molecule has 0 bridgehead atoms. The van der Waals surface area contributed by atoms with E-state index in [2.05, 4.69) is 15.6 Å². The van der Waals surface area contributed by atoms with E-state index in [0.29, 0.717) is 38.7 Å². The molecule has 1 saturated heterocycles. The number of thioether (sulfide) groups is 1. The van der Waals surface area contributed by atoms with Crippen LogP contribution >= 0.6 is 11.8 Å². The van der Waals surface area contributed by atoms with Crippen molar-refractivity contribution in [3.63, 3.8) is 0 Å². The highest BCUT2D eigenvalue weighted by molar-refractivity contribution is 7.99. The average Bonchev–Trinajstić information content (AvgIpc) is 2.46. The van der Waals surface area contributed by atoms with Crippen molar-refractivity contribution in [2.75, 3.05) is 64.2 Å². The Bertz CT molecular complexity index is 394. The zero-order chi connectivity index (χ0) is 14.8. The fourth-order valence-electron chi connectivity index (χ4n) is 1.74. The van der Waals surface area contributed by atoms with Gasteiger partial charge in [0.05, 0.1) is 12.4 Å². The molecular weight excluding hydrogens is 300 g/mol. The van der Waals surface area contributed by atoms with Crippen molar-refractivity contribution in [3.8, 4) is 0 Å². The van der Waals surface area contributed by atoms with Gasteiger partial charge in [0.2, 0.25) is 10.0 Å². The smallest absolute Gasteiger partial charge is 0.215 e. The Morgan fingerprint density at radius 2 is 1.95 bits per heavy atom. The predicted molar refractivity (Wildman–Crippen MR) is 83.9 cm³/mol. The lowest BCUT2D eigenvalue weighted by molar-refractivity contribution is 0.203. The number of hydrogen-bond acceptors (Lipinski definition) is 5. The highest BCUT2D eigenvalue weighted by Gasteiger charge is 2.23. The third-order valence-corrected chi connectivity index (χ3v) is 5.65. The summed E-state index contributed by atoms with van der Waals surface area (Å²) < 4.78 is 30.7. The van der Waals surface area contributed by atoms with Crippen LogP contribution in [0.2, 0.25) is 0 Å². The molecule has 0 amide bonds. The van der Waals surface area contributed by atoms with Crippen molar-refractivity contribution >= 4 is 27.7 Å². The normalized spacial score (nSPS) is 18.0. The number of hydrogen-bond donors (Lipinski definition) is 2. The number of nitrogens with zero attached hydrogens (tertiary/aromatic N) is 2. The van der Waals surface area contributed by atoms with Gasteiger partial charge in [-0.2, -0.15) is 11.8 Å². The number of rotatable bonds is 7. The van der Waals surface area contributed by atoms with Gasteiger partial charge in [0, 0.05) is 51.8 Å². The minimum absolute atomic E-state index is 0.0860. The quantitative estimate of drug-likeness (QED) is 0.362. The van der Waals surface area contributed by atoms with Crippen LogP contribution in [0.5, 0.6) is 0 Å². The van der Waals surface area contributed by atoms with Crippen molar-refractivity contribution in [1.29, 1.82) is 0 Å². The van der Waals surface area contributed by atoms with Crippen molar-refractivity contribution in [1.82, 2.24) is 14.9 Å². The van der Waals surface area contributed by atoms with Gasteiger partial charge in [-0.1, -0.05) is 0 Å². The minimum Gasteiger partial charge on any atom is -0.383 e. The van der Waals surface area contributed by atoms with Crippen molar-refractivity contribution < 1.29 is 13.2 Å². The van der Waals surface area contributed by atoms with Gasteiger partial charge in [-0.25, -0.2) is 12.7 Å². The summed E-state index contributed by atoms with van der Waals surface area (Å²) in [5.41, 5.74) is 0. The van der Waals surface area contributed by atoms with Gasteiger partial charge in [-0.15, -0.1) is 0 Å². The van der Waals surface area contributed by atoms with Crippen LogP contribution in [0.15, 0.2) is 4.99 Å². The Kier molecular flexibility index (Phi) is 8.27. The summed E-state index contributed by atoms with van der Waals surface area (Å²) in [6.07, 6.45) is 0.